The van der Waals surface area contributed by atoms with Gasteiger partial charge < -0.3 is 5.32 Å². The van der Waals surface area contributed by atoms with Crippen molar-refractivity contribution in [2.45, 2.75) is 43.4 Å². The molecule has 27 heavy (non-hydrogen) atoms. The van der Waals surface area contributed by atoms with Gasteiger partial charge in [0, 0.05) is 21.0 Å². The Hall–Kier alpha value is -1.63. The van der Waals surface area contributed by atoms with Gasteiger partial charge in [-0.3, -0.25) is 4.79 Å². The van der Waals surface area contributed by atoms with E-state index in [1.807, 2.05) is 6.92 Å². The third-order valence-electron chi connectivity index (χ3n) is 4.83. The number of thioether (sulfide) groups is 1. The van der Waals surface area contributed by atoms with Crippen LogP contribution in [0.5, 0.6) is 0 Å². The zero-order valence-corrected chi connectivity index (χ0v) is 17.5. The van der Waals surface area contributed by atoms with E-state index in [9.17, 15) is 4.79 Å². The van der Waals surface area contributed by atoms with Crippen LogP contribution < -0.4 is 5.32 Å². The Bertz CT molecular complexity index is 987. The number of benzene rings is 1. The Morgan fingerprint density at radius 2 is 2.11 bits per heavy atom. The van der Waals surface area contributed by atoms with Crippen molar-refractivity contribution in [3.05, 3.63) is 46.1 Å². The van der Waals surface area contributed by atoms with Crippen LogP contribution in [0.2, 0.25) is 5.02 Å². The second-order valence-electron chi connectivity index (χ2n) is 6.97. The standard InChI is InChI=1S/C20H20ClN3OS2/c1-11-3-8-15-16(9-11)27-20-17(15)19(22-10-23-20)26-12(2)18(25)24-14-6-4-13(21)5-7-14/h4-7,10-12H,3,8-9H2,1-2H3,(H,24,25). The summed E-state index contributed by atoms with van der Waals surface area (Å²) < 4.78 is 0. The monoisotopic (exact) mass is 417 g/mol. The van der Waals surface area contributed by atoms with Gasteiger partial charge in [0.2, 0.25) is 5.91 Å². The number of halogens is 1. The molecule has 2 unspecified atom stereocenters. The van der Waals surface area contributed by atoms with Gasteiger partial charge in [-0.2, -0.15) is 0 Å². The van der Waals surface area contributed by atoms with Gasteiger partial charge in [0.05, 0.1) is 5.25 Å². The Labute approximate surface area is 171 Å². The zero-order chi connectivity index (χ0) is 19.0. The van der Waals surface area contributed by atoms with E-state index in [-0.39, 0.29) is 11.2 Å². The number of rotatable bonds is 4. The summed E-state index contributed by atoms with van der Waals surface area (Å²) in [5.74, 6) is 0.672. The van der Waals surface area contributed by atoms with Gasteiger partial charge in [0.15, 0.2) is 0 Å². The number of amides is 1. The molecule has 0 spiro atoms. The van der Waals surface area contributed by atoms with Crippen molar-refractivity contribution in [1.82, 2.24) is 9.97 Å². The van der Waals surface area contributed by atoms with E-state index in [4.69, 9.17) is 11.6 Å². The Balaban J connectivity index is 1.56. The van der Waals surface area contributed by atoms with Crippen molar-refractivity contribution in [3.8, 4) is 0 Å². The van der Waals surface area contributed by atoms with Gasteiger partial charge in [-0.1, -0.05) is 30.3 Å². The highest BCUT2D eigenvalue weighted by Crippen LogP contribution is 2.41. The topological polar surface area (TPSA) is 54.9 Å². The third-order valence-corrected chi connectivity index (χ3v) is 7.34. The summed E-state index contributed by atoms with van der Waals surface area (Å²) in [6, 6.07) is 7.14. The molecular formula is C20H20ClN3OS2. The summed E-state index contributed by atoms with van der Waals surface area (Å²) >= 11 is 9.18. The number of carbonyl (C=O) groups is 1. The quantitative estimate of drug-likeness (QED) is 0.444. The Morgan fingerprint density at radius 3 is 2.89 bits per heavy atom. The molecule has 2 heterocycles. The van der Waals surface area contributed by atoms with Gasteiger partial charge in [-0.15, -0.1) is 11.3 Å². The molecule has 0 radical (unpaired) electrons. The van der Waals surface area contributed by atoms with Gasteiger partial charge in [0.25, 0.3) is 0 Å². The van der Waals surface area contributed by atoms with Crippen LogP contribution in [0.1, 0.15) is 30.7 Å². The molecular weight excluding hydrogens is 398 g/mol. The summed E-state index contributed by atoms with van der Waals surface area (Å²) in [5.41, 5.74) is 2.13. The molecule has 1 aliphatic carbocycles. The Kier molecular flexibility index (Phi) is 5.39. The van der Waals surface area contributed by atoms with E-state index in [2.05, 4.69) is 22.2 Å². The minimum Gasteiger partial charge on any atom is -0.325 e. The highest BCUT2D eigenvalue weighted by Gasteiger charge is 2.25. The lowest BCUT2D eigenvalue weighted by Gasteiger charge is -2.18. The fraction of sp³-hybridized carbons (Fsp3) is 0.350. The highest BCUT2D eigenvalue weighted by atomic mass is 35.5. The maximum absolute atomic E-state index is 12.6. The van der Waals surface area contributed by atoms with Crippen LogP contribution in [0.3, 0.4) is 0 Å². The average molecular weight is 418 g/mol. The molecule has 0 saturated carbocycles. The minimum atomic E-state index is -0.267. The molecule has 140 valence electrons. The molecule has 0 fully saturated rings. The molecule has 4 rings (SSSR count). The maximum atomic E-state index is 12.6. The van der Waals surface area contributed by atoms with Crippen LogP contribution in [0, 0.1) is 5.92 Å². The fourth-order valence-corrected chi connectivity index (χ4v) is 5.82. The molecule has 0 saturated heterocycles. The number of nitrogens with zero attached hydrogens (tertiary/aromatic N) is 2. The molecule has 4 nitrogen and oxygen atoms in total. The van der Waals surface area contributed by atoms with Crippen LogP contribution >= 0.6 is 34.7 Å². The van der Waals surface area contributed by atoms with Crippen molar-refractivity contribution < 1.29 is 4.79 Å². The molecule has 1 aliphatic rings. The maximum Gasteiger partial charge on any atom is 0.237 e. The zero-order valence-electron chi connectivity index (χ0n) is 15.2. The molecule has 2 atom stereocenters. The predicted molar refractivity (Wildman–Crippen MR) is 114 cm³/mol. The summed E-state index contributed by atoms with van der Waals surface area (Å²) in [7, 11) is 0. The smallest absolute Gasteiger partial charge is 0.237 e. The van der Waals surface area contributed by atoms with Crippen molar-refractivity contribution in [3.63, 3.8) is 0 Å². The van der Waals surface area contributed by atoms with Crippen molar-refractivity contribution in [2.24, 2.45) is 5.92 Å². The number of anilines is 1. The number of aryl methyl sites for hydroxylation is 1. The van der Waals surface area contributed by atoms with Crippen molar-refractivity contribution in [2.75, 3.05) is 5.32 Å². The molecule has 0 bridgehead atoms. The Morgan fingerprint density at radius 1 is 1.33 bits per heavy atom. The van der Waals surface area contributed by atoms with Gasteiger partial charge in [0.1, 0.15) is 16.2 Å². The van der Waals surface area contributed by atoms with Crippen LogP contribution in [-0.4, -0.2) is 21.1 Å². The second kappa shape index (κ2) is 7.78. The van der Waals surface area contributed by atoms with Crippen molar-refractivity contribution in [1.29, 1.82) is 0 Å². The van der Waals surface area contributed by atoms with Crippen LogP contribution in [-0.2, 0) is 17.6 Å². The SMILES string of the molecule is CC1CCc2c(sc3ncnc(SC(C)C(=O)Nc4ccc(Cl)cc4)c23)C1. The van der Waals surface area contributed by atoms with E-state index in [0.29, 0.717) is 5.02 Å². The number of aromatic nitrogens is 2. The molecule has 1 aromatic carbocycles. The summed E-state index contributed by atoms with van der Waals surface area (Å²) in [6.45, 7) is 4.21. The minimum absolute atomic E-state index is 0.0493. The first-order chi connectivity index (χ1) is 13.0. The molecule has 0 aliphatic heterocycles. The third kappa shape index (κ3) is 3.98. The molecule has 1 N–H and O–H groups in total. The first-order valence-electron chi connectivity index (χ1n) is 8.99. The van der Waals surface area contributed by atoms with Crippen LogP contribution in [0.25, 0.3) is 10.2 Å². The fourth-order valence-electron chi connectivity index (χ4n) is 3.33. The number of hydrogen-bond acceptors (Lipinski definition) is 5. The lowest BCUT2D eigenvalue weighted by molar-refractivity contribution is -0.115. The van der Waals surface area contributed by atoms with E-state index >= 15 is 0 Å². The lowest BCUT2D eigenvalue weighted by Crippen LogP contribution is -2.22. The largest absolute Gasteiger partial charge is 0.325 e. The van der Waals surface area contributed by atoms with Crippen LogP contribution in [0.4, 0.5) is 5.69 Å². The van der Waals surface area contributed by atoms with Crippen molar-refractivity contribution >= 4 is 56.5 Å². The van der Waals surface area contributed by atoms with Crippen LogP contribution in [0.15, 0.2) is 35.6 Å². The molecule has 2 aromatic heterocycles. The van der Waals surface area contributed by atoms with Gasteiger partial charge in [-0.05, 0) is 61.9 Å². The number of hydrogen-bond donors (Lipinski definition) is 1. The molecule has 7 heteroatoms. The molecule has 3 aromatic rings. The second-order valence-corrected chi connectivity index (χ2v) is 9.82. The van der Waals surface area contributed by atoms with E-state index in [1.165, 1.54) is 28.6 Å². The number of nitrogens with one attached hydrogen (secondary N) is 1. The number of carbonyl (C=O) groups excluding carboxylic acids is 1. The molecule has 1 amide bonds. The highest BCUT2D eigenvalue weighted by molar-refractivity contribution is 8.00. The summed E-state index contributed by atoms with van der Waals surface area (Å²) in [5, 5.41) is 5.38. The van der Waals surface area contributed by atoms with E-state index in [1.54, 1.807) is 41.9 Å². The summed E-state index contributed by atoms with van der Waals surface area (Å²) in [6.07, 6.45) is 5.00. The van der Waals surface area contributed by atoms with Gasteiger partial charge >= 0.3 is 0 Å². The van der Waals surface area contributed by atoms with Gasteiger partial charge in [-0.25, -0.2) is 9.97 Å². The first kappa shape index (κ1) is 18.7. The predicted octanol–water partition coefficient (Wildman–Crippen LogP) is 5.59. The van der Waals surface area contributed by atoms with E-state index < -0.39 is 0 Å². The average Bonchev–Trinajstić information content (AvgIpc) is 3.01. The lowest BCUT2D eigenvalue weighted by atomic mass is 9.89. The van der Waals surface area contributed by atoms with E-state index in [0.717, 1.165) is 39.7 Å². The normalized spacial score (nSPS) is 17.5. The number of fused-ring (bicyclic) bond motifs is 3. The summed E-state index contributed by atoms with van der Waals surface area (Å²) in [4.78, 5) is 24.1. The first-order valence-corrected chi connectivity index (χ1v) is 11.1. The number of thiophene rings is 1.